The molecule has 0 aliphatic heterocycles. The zero-order valence-corrected chi connectivity index (χ0v) is 6.78. The van der Waals surface area contributed by atoms with Gasteiger partial charge in [0, 0.05) is 0 Å². The van der Waals surface area contributed by atoms with Crippen molar-refractivity contribution in [2.75, 3.05) is 0 Å². The van der Waals surface area contributed by atoms with E-state index < -0.39 is 0 Å². The van der Waals surface area contributed by atoms with Crippen molar-refractivity contribution in [2.24, 2.45) is 0 Å². The molecule has 0 heteroatoms. The maximum atomic E-state index is 2.30. The summed E-state index contributed by atoms with van der Waals surface area (Å²) in [4.78, 5) is 0. The molecular formula is C9H17. The third-order valence-corrected chi connectivity index (χ3v) is 1.28. The van der Waals surface area contributed by atoms with Crippen LogP contribution in [0.2, 0.25) is 0 Å². The quantitative estimate of drug-likeness (QED) is 0.540. The van der Waals surface area contributed by atoms with Crippen molar-refractivity contribution in [3.05, 3.63) is 18.1 Å². The largest absolute Gasteiger partial charge is 0.0856 e. The summed E-state index contributed by atoms with van der Waals surface area (Å²) < 4.78 is 0. The highest BCUT2D eigenvalue weighted by Gasteiger charge is 1.86. The van der Waals surface area contributed by atoms with Crippen molar-refractivity contribution in [3.63, 3.8) is 0 Å². The summed E-state index contributed by atoms with van der Waals surface area (Å²) in [5, 5.41) is 0. The number of hydrogen-bond acceptors (Lipinski definition) is 0. The Morgan fingerprint density at radius 3 is 2.44 bits per heavy atom. The standard InChI is InChI=1S/C9H17/c1-4-6-8-9(3)7-5-2/h7-8H,4-6H2,1-3H3. The van der Waals surface area contributed by atoms with Gasteiger partial charge in [0.05, 0.1) is 0 Å². The van der Waals surface area contributed by atoms with E-state index in [2.05, 4.69) is 33.3 Å². The first-order chi connectivity index (χ1) is 4.31. The molecule has 0 fully saturated rings. The molecule has 0 atom stereocenters. The Morgan fingerprint density at radius 2 is 2.00 bits per heavy atom. The zero-order chi connectivity index (χ0) is 7.11. The van der Waals surface area contributed by atoms with E-state index in [0.29, 0.717) is 0 Å². The molecule has 0 rings (SSSR count). The number of unbranched alkanes of at least 4 members (excludes halogenated alkanes) is 1. The fourth-order valence-corrected chi connectivity index (χ4v) is 0.777. The summed E-state index contributed by atoms with van der Waals surface area (Å²) >= 11 is 0. The van der Waals surface area contributed by atoms with Gasteiger partial charge in [0.15, 0.2) is 0 Å². The van der Waals surface area contributed by atoms with Crippen molar-refractivity contribution in [3.8, 4) is 0 Å². The van der Waals surface area contributed by atoms with E-state index in [4.69, 9.17) is 0 Å². The lowest BCUT2D eigenvalue weighted by Crippen LogP contribution is -1.77. The maximum absolute atomic E-state index is 2.30. The Labute approximate surface area is 59.0 Å². The molecule has 0 aliphatic rings. The van der Waals surface area contributed by atoms with E-state index in [1.54, 1.807) is 0 Å². The first kappa shape index (κ1) is 8.74. The number of allylic oxidation sites excluding steroid dienone is 2. The van der Waals surface area contributed by atoms with Crippen molar-refractivity contribution < 1.29 is 0 Å². The van der Waals surface area contributed by atoms with Crippen LogP contribution in [0.25, 0.3) is 0 Å². The molecule has 0 N–H and O–H groups in total. The van der Waals surface area contributed by atoms with Gasteiger partial charge < -0.3 is 0 Å². The van der Waals surface area contributed by atoms with Crippen molar-refractivity contribution in [1.82, 2.24) is 0 Å². The second-order valence-electron chi connectivity index (χ2n) is 2.35. The third kappa shape index (κ3) is 5.61. The SMILES string of the molecule is CCC=C(C)[CH]CCC. The summed E-state index contributed by atoms with van der Waals surface area (Å²) in [6, 6.07) is 0. The van der Waals surface area contributed by atoms with Gasteiger partial charge in [0.25, 0.3) is 0 Å². The minimum absolute atomic E-state index is 1.16. The Morgan fingerprint density at radius 1 is 1.33 bits per heavy atom. The van der Waals surface area contributed by atoms with Gasteiger partial charge in [-0.2, -0.15) is 0 Å². The molecule has 0 heterocycles. The van der Waals surface area contributed by atoms with Gasteiger partial charge in [0.2, 0.25) is 0 Å². The lowest BCUT2D eigenvalue weighted by Gasteiger charge is -1.95. The Bertz CT molecular complexity index is 80.0. The molecule has 0 saturated heterocycles. The number of rotatable bonds is 4. The smallest absolute Gasteiger partial charge is 0.0141 e. The van der Waals surface area contributed by atoms with Crippen LogP contribution in [0.3, 0.4) is 0 Å². The fraction of sp³-hybridized carbons (Fsp3) is 0.667. The molecule has 0 nitrogen and oxygen atoms in total. The molecule has 0 aromatic heterocycles. The summed E-state index contributed by atoms with van der Waals surface area (Å²) in [6.07, 6.45) is 8.20. The highest BCUT2D eigenvalue weighted by molar-refractivity contribution is 5.08. The molecule has 0 aliphatic carbocycles. The second-order valence-corrected chi connectivity index (χ2v) is 2.35. The average Bonchev–Trinajstić information content (AvgIpc) is 1.85. The lowest BCUT2D eigenvalue weighted by atomic mass is 10.1. The van der Waals surface area contributed by atoms with Crippen molar-refractivity contribution in [2.45, 2.75) is 40.0 Å². The van der Waals surface area contributed by atoms with Crippen LogP contribution < -0.4 is 0 Å². The minimum Gasteiger partial charge on any atom is -0.0856 e. The Kier molecular flexibility index (Phi) is 5.70. The van der Waals surface area contributed by atoms with Crippen LogP contribution in [0.15, 0.2) is 11.6 Å². The molecule has 0 spiro atoms. The van der Waals surface area contributed by atoms with E-state index in [1.165, 1.54) is 18.4 Å². The van der Waals surface area contributed by atoms with Crippen molar-refractivity contribution >= 4 is 0 Å². The predicted molar refractivity (Wildman–Crippen MR) is 43.3 cm³/mol. The van der Waals surface area contributed by atoms with Crippen LogP contribution in [0.4, 0.5) is 0 Å². The van der Waals surface area contributed by atoms with Gasteiger partial charge in [-0.15, -0.1) is 0 Å². The van der Waals surface area contributed by atoms with Crippen LogP contribution in [0.1, 0.15) is 40.0 Å². The van der Waals surface area contributed by atoms with Gasteiger partial charge in [-0.05, 0) is 26.2 Å². The van der Waals surface area contributed by atoms with Crippen LogP contribution >= 0.6 is 0 Å². The van der Waals surface area contributed by atoms with Crippen LogP contribution in [-0.4, -0.2) is 0 Å². The molecule has 9 heavy (non-hydrogen) atoms. The molecule has 0 aromatic carbocycles. The number of hydrogen-bond donors (Lipinski definition) is 0. The van der Waals surface area contributed by atoms with Crippen LogP contribution in [-0.2, 0) is 0 Å². The van der Waals surface area contributed by atoms with Crippen LogP contribution in [0.5, 0.6) is 0 Å². The van der Waals surface area contributed by atoms with E-state index in [0.717, 1.165) is 6.42 Å². The molecule has 53 valence electrons. The van der Waals surface area contributed by atoms with Gasteiger partial charge in [0.1, 0.15) is 0 Å². The van der Waals surface area contributed by atoms with Gasteiger partial charge in [-0.3, -0.25) is 0 Å². The monoisotopic (exact) mass is 125 g/mol. The normalized spacial score (nSPS) is 12.1. The maximum Gasteiger partial charge on any atom is -0.0141 e. The molecule has 1 radical (unpaired) electrons. The van der Waals surface area contributed by atoms with Gasteiger partial charge >= 0.3 is 0 Å². The lowest BCUT2D eigenvalue weighted by molar-refractivity contribution is 0.904. The van der Waals surface area contributed by atoms with E-state index in [-0.39, 0.29) is 0 Å². The topological polar surface area (TPSA) is 0 Å². The molecular weight excluding hydrogens is 108 g/mol. The summed E-state index contributed by atoms with van der Waals surface area (Å²) in [7, 11) is 0. The Balaban J connectivity index is 3.25. The average molecular weight is 125 g/mol. The molecule has 0 amide bonds. The van der Waals surface area contributed by atoms with E-state index >= 15 is 0 Å². The summed E-state index contributed by atoms with van der Waals surface area (Å²) in [6.45, 7) is 6.54. The first-order valence-corrected chi connectivity index (χ1v) is 3.81. The molecule has 0 bridgehead atoms. The molecule has 0 unspecified atom stereocenters. The molecule has 0 aromatic rings. The van der Waals surface area contributed by atoms with Gasteiger partial charge in [-0.1, -0.05) is 31.9 Å². The first-order valence-electron chi connectivity index (χ1n) is 3.81. The molecule has 0 saturated carbocycles. The third-order valence-electron chi connectivity index (χ3n) is 1.28. The Hall–Kier alpha value is -0.260. The summed E-state index contributed by atoms with van der Waals surface area (Å²) in [5.74, 6) is 0. The highest BCUT2D eigenvalue weighted by atomic mass is 13.9. The van der Waals surface area contributed by atoms with E-state index in [1.807, 2.05) is 0 Å². The highest BCUT2D eigenvalue weighted by Crippen LogP contribution is 2.04. The van der Waals surface area contributed by atoms with Crippen LogP contribution in [0, 0.1) is 6.42 Å². The predicted octanol–water partition coefficient (Wildman–Crippen LogP) is 3.35. The fourth-order valence-electron chi connectivity index (χ4n) is 0.777. The summed E-state index contributed by atoms with van der Waals surface area (Å²) in [5.41, 5.74) is 1.43. The van der Waals surface area contributed by atoms with Crippen molar-refractivity contribution in [1.29, 1.82) is 0 Å². The minimum atomic E-state index is 1.16. The second kappa shape index (κ2) is 5.87. The zero-order valence-electron chi connectivity index (χ0n) is 6.78. The van der Waals surface area contributed by atoms with E-state index in [9.17, 15) is 0 Å². The van der Waals surface area contributed by atoms with Gasteiger partial charge in [-0.25, -0.2) is 0 Å².